The Balaban J connectivity index is 0.00000300. The molecule has 1 fully saturated rings. The van der Waals surface area contributed by atoms with E-state index < -0.39 is 0 Å². The minimum atomic E-state index is -0.213. The van der Waals surface area contributed by atoms with Crippen LogP contribution in [0.1, 0.15) is 26.2 Å². The first-order valence-corrected chi connectivity index (χ1v) is 10.00. The molecule has 8 nitrogen and oxygen atoms in total. The van der Waals surface area contributed by atoms with Crippen LogP contribution in [-0.4, -0.2) is 65.8 Å². The normalized spacial score (nSPS) is 15.1. The number of para-hydroxylation sites is 2. The Morgan fingerprint density at radius 3 is 2.79 bits per heavy atom. The van der Waals surface area contributed by atoms with Crippen LogP contribution in [0.5, 0.6) is 0 Å². The van der Waals surface area contributed by atoms with Crippen molar-refractivity contribution in [2.45, 2.75) is 38.8 Å². The number of aromatic nitrogens is 2. The van der Waals surface area contributed by atoms with Gasteiger partial charge in [0.1, 0.15) is 0 Å². The zero-order chi connectivity index (χ0) is 19.8. The van der Waals surface area contributed by atoms with E-state index in [1.54, 1.807) is 11.9 Å². The number of benzene rings is 1. The topological polar surface area (TPSA) is 83.8 Å². The Hall–Kier alpha value is -2.04. The van der Waals surface area contributed by atoms with E-state index in [2.05, 4.69) is 31.2 Å². The molecular formula is C20H31IN6O2. The Morgan fingerprint density at radius 1 is 1.31 bits per heavy atom. The van der Waals surface area contributed by atoms with E-state index in [1.165, 1.54) is 5.52 Å². The number of rotatable bonds is 6. The SMILES string of the molecule is CCOC(=O)N1CCC(NC(=NC)NCCCn2cnc3ccccc32)CC1.I. The number of amides is 1. The average molecular weight is 514 g/mol. The second-order valence-corrected chi connectivity index (χ2v) is 6.88. The number of ether oxygens (including phenoxy) is 1. The fraction of sp³-hybridized carbons (Fsp3) is 0.550. The van der Waals surface area contributed by atoms with Crippen molar-refractivity contribution in [2.24, 2.45) is 4.99 Å². The number of hydrogen-bond acceptors (Lipinski definition) is 4. The molecule has 2 N–H and O–H groups in total. The van der Waals surface area contributed by atoms with Crippen molar-refractivity contribution < 1.29 is 9.53 Å². The lowest BCUT2D eigenvalue weighted by atomic mass is 10.1. The van der Waals surface area contributed by atoms with E-state index in [1.807, 2.05) is 31.5 Å². The van der Waals surface area contributed by atoms with Crippen LogP contribution >= 0.6 is 24.0 Å². The Bertz CT molecular complexity index is 801. The Morgan fingerprint density at radius 2 is 2.07 bits per heavy atom. The number of carbonyl (C=O) groups is 1. The number of carbonyl (C=O) groups excluding carboxylic acids is 1. The molecule has 0 aliphatic carbocycles. The lowest BCUT2D eigenvalue weighted by molar-refractivity contribution is 0.0963. The van der Waals surface area contributed by atoms with Gasteiger partial charge in [0.2, 0.25) is 0 Å². The summed E-state index contributed by atoms with van der Waals surface area (Å²) >= 11 is 0. The van der Waals surface area contributed by atoms with E-state index in [9.17, 15) is 4.79 Å². The van der Waals surface area contributed by atoms with Crippen LogP contribution in [0.25, 0.3) is 11.0 Å². The van der Waals surface area contributed by atoms with Gasteiger partial charge in [0.25, 0.3) is 0 Å². The highest BCUT2D eigenvalue weighted by Gasteiger charge is 2.23. The monoisotopic (exact) mass is 514 g/mol. The quantitative estimate of drug-likeness (QED) is 0.268. The van der Waals surface area contributed by atoms with Gasteiger partial charge in [-0.3, -0.25) is 4.99 Å². The number of nitrogens with zero attached hydrogens (tertiary/aromatic N) is 4. The smallest absolute Gasteiger partial charge is 0.409 e. The van der Waals surface area contributed by atoms with Gasteiger partial charge in [0, 0.05) is 39.3 Å². The number of fused-ring (bicyclic) bond motifs is 1. The standard InChI is InChI=1S/C20H30N6O2.HI/c1-3-28-20(27)25-13-9-16(10-14-25)24-19(21-2)22-11-6-12-26-15-23-17-7-4-5-8-18(17)26;/h4-5,7-8,15-16H,3,6,9-14H2,1-2H3,(H2,21,22,24);1H. The van der Waals surface area contributed by atoms with Gasteiger partial charge in [-0.15, -0.1) is 24.0 Å². The number of hydrogen-bond donors (Lipinski definition) is 2. The summed E-state index contributed by atoms with van der Waals surface area (Å²) in [6.45, 7) is 5.40. The molecular weight excluding hydrogens is 483 g/mol. The summed E-state index contributed by atoms with van der Waals surface area (Å²) in [5.41, 5.74) is 2.19. The summed E-state index contributed by atoms with van der Waals surface area (Å²) in [6, 6.07) is 8.49. The predicted molar refractivity (Wildman–Crippen MR) is 126 cm³/mol. The highest BCUT2D eigenvalue weighted by molar-refractivity contribution is 14.0. The number of piperidine rings is 1. The third-order valence-electron chi connectivity index (χ3n) is 4.98. The maximum absolute atomic E-state index is 11.8. The molecule has 1 aliphatic heterocycles. The number of aliphatic imine (C=N–C) groups is 1. The van der Waals surface area contributed by atoms with E-state index >= 15 is 0 Å². The van der Waals surface area contributed by atoms with Crippen molar-refractivity contribution in [1.29, 1.82) is 0 Å². The minimum absolute atomic E-state index is 0. The third-order valence-corrected chi connectivity index (χ3v) is 4.98. The highest BCUT2D eigenvalue weighted by Crippen LogP contribution is 2.12. The summed E-state index contributed by atoms with van der Waals surface area (Å²) in [7, 11) is 1.78. The van der Waals surface area contributed by atoms with Gasteiger partial charge < -0.3 is 24.8 Å². The first kappa shape index (κ1) is 23.2. The molecule has 1 aliphatic rings. The van der Waals surface area contributed by atoms with Crippen LogP contribution < -0.4 is 10.6 Å². The van der Waals surface area contributed by atoms with E-state index in [-0.39, 0.29) is 30.1 Å². The molecule has 1 aromatic heterocycles. The summed E-state index contributed by atoms with van der Waals surface area (Å²) in [4.78, 5) is 22.3. The van der Waals surface area contributed by atoms with Gasteiger partial charge in [-0.25, -0.2) is 9.78 Å². The van der Waals surface area contributed by atoms with Gasteiger partial charge in [-0.1, -0.05) is 12.1 Å². The van der Waals surface area contributed by atoms with Crippen LogP contribution in [0, 0.1) is 0 Å². The van der Waals surface area contributed by atoms with Gasteiger partial charge in [-0.05, 0) is 38.3 Å². The number of likely N-dealkylation sites (tertiary alicyclic amines) is 1. The molecule has 1 amide bonds. The molecule has 0 spiro atoms. The molecule has 2 heterocycles. The van der Waals surface area contributed by atoms with Crippen LogP contribution in [-0.2, 0) is 11.3 Å². The maximum Gasteiger partial charge on any atom is 0.409 e. The first-order chi connectivity index (χ1) is 13.7. The Kier molecular flexibility index (Phi) is 9.49. The number of imidazole rings is 1. The van der Waals surface area contributed by atoms with Gasteiger partial charge in [-0.2, -0.15) is 0 Å². The maximum atomic E-state index is 11.8. The summed E-state index contributed by atoms with van der Waals surface area (Å²) in [5.74, 6) is 0.810. The molecule has 0 atom stereocenters. The zero-order valence-electron chi connectivity index (χ0n) is 17.1. The molecule has 0 saturated carbocycles. The van der Waals surface area contributed by atoms with Gasteiger partial charge >= 0.3 is 6.09 Å². The van der Waals surface area contributed by atoms with Gasteiger partial charge in [0.05, 0.1) is 24.0 Å². The van der Waals surface area contributed by atoms with Crippen molar-refractivity contribution in [2.75, 3.05) is 33.3 Å². The molecule has 1 aromatic carbocycles. The Labute approximate surface area is 189 Å². The lowest BCUT2D eigenvalue weighted by Gasteiger charge is -2.32. The predicted octanol–water partition coefficient (Wildman–Crippen LogP) is 2.83. The van der Waals surface area contributed by atoms with Crippen molar-refractivity contribution in [3.05, 3.63) is 30.6 Å². The fourth-order valence-corrected chi connectivity index (χ4v) is 3.45. The van der Waals surface area contributed by atoms with Gasteiger partial charge in [0.15, 0.2) is 5.96 Å². The third kappa shape index (κ3) is 6.48. The summed E-state index contributed by atoms with van der Waals surface area (Å²) < 4.78 is 7.24. The van der Waals surface area contributed by atoms with Crippen molar-refractivity contribution in [3.63, 3.8) is 0 Å². The molecule has 1 saturated heterocycles. The number of nitrogens with one attached hydrogen (secondary N) is 2. The first-order valence-electron chi connectivity index (χ1n) is 10.00. The molecule has 0 bridgehead atoms. The molecule has 9 heteroatoms. The van der Waals surface area contributed by atoms with Crippen molar-refractivity contribution in [1.82, 2.24) is 25.1 Å². The molecule has 160 valence electrons. The second-order valence-electron chi connectivity index (χ2n) is 6.88. The second kappa shape index (κ2) is 11.8. The largest absolute Gasteiger partial charge is 0.450 e. The average Bonchev–Trinajstić information content (AvgIpc) is 3.14. The molecule has 0 radical (unpaired) electrons. The van der Waals surface area contributed by atoms with Crippen LogP contribution in [0.2, 0.25) is 0 Å². The van der Waals surface area contributed by atoms with Crippen molar-refractivity contribution in [3.8, 4) is 0 Å². The zero-order valence-corrected chi connectivity index (χ0v) is 19.5. The molecule has 29 heavy (non-hydrogen) atoms. The van der Waals surface area contributed by atoms with E-state index in [0.29, 0.717) is 25.7 Å². The number of halogens is 1. The lowest BCUT2D eigenvalue weighted by Crippen LogP contribution is -2.50. The highest BCUT2D eigenvalue weighted by atomic mass is 127. The van der Waals surface area contributed by atoms with Crippen LogP contribution in [0.15, 0.2) is 35.6 Å². The summed E-state index contributed by atoms with van der Waals surface area (Å²) in [5, 5.41) is 6.84. The number of aryl methyl sites for hydroxylation is 1. The number of guanidine groups is 1. The molecule has 2 aromatic rings. The summed E-state index contributed by atoms with van der Waals surface area (Å²) in [6.07, 6.45) is 4.44. The van der Waals surface area contributed by atoms with Crippen molar-refractivity contribution >= 4 is 47.1 Å². The van der Waals surface area contributed by atoms with E-state index in [4.69, 9.17) is 4.74 Å². The van der Waals surface area contributed by atoms with E-state index in [0.717, 1.165) is 43.8 Å². The fourth-order valence-electron chi connectivity index (χ4n) is 3.45. The minimum Gasteiger partial charge on any atom is -0.450 e. The molecule has 0 unspecified atom stereocenters. The van der Waals surface area contributed by atoms with Crippen LogP contribution in [0.4, 0.5) is 4.79 Å². The molecule has 3 rings (SSSR count). The van der Waals surface area contributed by atoms with Crippen LogP contribution in [0.3, 0.4) is 0 Å².